The summed E-state index contributed by atoms with van der Waals surface area (Å²) in [5.74, 6) is 2.92. The molecule has 2 N–H and O–H groups in total. The first-order chi connectivity index (χ1) is 10.0. The third kappa shape index (κ3) is 4.03. The van der Waals surface area contributed by atoms with Crippen LogP contribution >= 0.6 is 0 Å². The molecule has 0 spiro atoms. The van der Waals surface area contributed by atoms with E-state index in [1.54, 1.807) is 4.90 Å². The molecule has 21 heavy (non-hydrogen) atoms. The van der Waals surface area contributed by atoms with Crippen molar-refractivity contribution in [2.75, 3.05) is 13.6 Å². The Balaban J connectivity index is 1.90. The number of aromatic nitrogens is 3. The number of carbonyl (C=O) groups is 1. The average molecular weight is 293 g/mol. The van der Waals surface area contributed by atoms with E-state index in [0.29, 0.717) is 25.4 Å². The van der Waals surface area contributed by atoms with Crippen molar-refractivity contribution in [1.29, 1.82) is 0 Å². The average Bonchev–Trinajstić information content (AvgIpc) is 3.02. The summed E-state index contributed by atoms with van der Waals surface area (Å²) in [6.45, 7) is 6.40. The molecule has 1 atom stereocenters. The predicted molar refractivity (Wildman–Crippen MR) is 81.4 cm³/mol. The van der Waals surface area contributed by atoms with E-state index in [-0.39, 0.29) is 11.8 Å². The Kier molecular flexibility index (Phi) is 5.33. The maximum absolute atomic E-state index is 12.3. The fourth-order valence-corrected chi connectivity index (χ4v) is 2.96. The van der Waals surface area contributed by atoms with Gasteiger partial charge in [-0.2, -0.15) is 0 Å². The first-order valence-electron chi connectivity index (χ1n) is 7.86. The smallest absolute Gasteiger partial charge is 0.223 e. The fourth-order valence-electron chi connectivity index (χ4n) is 2.96. The van der Waals surface area contributed by atoms with Gasteiger partial charge in [0, 0.05) is 26.4 Å². The molecular weight excluding hydrogens is 266 g/mol. The number of amides is 1. The van der Waals surface area contributed by atoms with E-state index in [1.807, 2.05) is 7.05 Å². The van der Waals surface area contributed by atoms with Crippen LogP contribution in [0.1, 0.15) is 44.8 Å². The third-order valence-corrected chi connectivity index (χ3v) is 4.09. The third-order valence-electron chi connectivity index (χ3n) is 4.09. The quantitative estimate of drug-likeness (QED) is 0.819. The van der Waals surface area contributed by atoms with Gasteiger partial charge in [0.2, 0.25) is 5.91 Å². The molecule has 0 radical (unpaired) electrons. The zero-order valence-corrected chi connectivity index (χ0v) is 13.4. The minimum absolute atomic E-state index is 0.140. The number of hydrogen-bond donors (Lipinski definition) is 1. The van der Waals surface area contributed by atoms with Gasteiger partial charge in [0.15, 0.2) is 5.82 Å². The van der Waals surface area contributed by atoms with E-state index in [4.69, 9.17) is 5.73 Å². The van der Waals surface area contributed by atoms with Crippen LogP contribution in [0.15, 0.2) is 0 Å². The van der Waals surface area contributed by atoms with E-state index < -0.39 is 0 Å². The summed E-state index contributed by atoms with van der Waals surface area (Å²) in [5.41, 5.74) is 5.78. The molecule has 6 heteroatoms. The van der Waals surface area contributed by atoms with Gasteiger partial charge in [-0.15, -0.1) is 10.2 Å². The largest absolute Gasteiger partial charge is 0.338 e. The highest BCUT2D eigenvalue weighted by Crippen LogP contribution is 2.18. The molecule has 0 unspecified atom stereocenters. The van der Waals surface area contributed by atoms with Crippen LogP contribution in [0.2, 0.25) is 0 Å². The van der Waals surface area contributed by atoms with Gasteiger partial charge in [0.05, 0.1) is 6.54 Å². The second kappa shape index (κ2) is 7.02. The van der Waals surface area contributed by atoms with Crippen molar-refractivity contribution in [3.8, 4) is 0 Å². The van der Waals surface area contributed by atoms with Crippen molar-refractivity contribution < 1.29 is 4.79 Å². The molecule has 1 aliphatic rings. The van der Waals surface area contributed by atoms with Crippen molar-refractivity contribution in [2.45, 2.75) is 52.6 Å². The maximum atomic E-state index is 12.3. The Labute approximate surface area is 126 Å². The number of hydrogen-bond acceptors (Lipinski definition) is 4. The second-order valence-corrected chi connectivity index (χ2v) is 6.47. The Morgan fingerprint density at radius 1 is 1.43 bits per heavy atom. The molecular formula is C15H27N5O. The number of rotatable bonds is 7. The Bertz CT molecular complexity index is 482. The van der Waals surface area contributed by atoms with Crippen molar-refractivity contribution in [3.05, 3.63) is 11.6 Å². The van der Waals surface area contributed by atoms with Crippen molar-refractivity contribution in [3.63, 3.8) is 0 Å². The van der Waals surface area contributed by atoms with Gasteiger partial charge in [-0.1, -0.05) is 13.8 Å². The lowest BCUT2D eigenvalue weighted by Crippen LogP contribution is -2.31. The molecule has 0 aromatic carbocycles. The molecule has 1 aliphatic heterocycles. The molecule has 2 heterocycles. The number of nitrogens with two attached hydrogens (primary N) is 1. The highest BCUT2D eigenvalue weighted by Gasteiger charge is 2.21. The molecule has 1 aromatic rings. The number of nitrogens with zero attached hydrogens (tertiary/aromatic N) is 4. The van der Waals surface area contributed by atoms with Gasteiger partial charge in [0.25, 0.3) is 0 Å². The van der Waals surface area contributed by atoms with E-state index in [1.165, 1.54) is 0 Å². The Hall–Kier alpha value is -1.43. The van der Waals surface area contributed by atoms with E-state index >= 15 is 0 Å². The minimum atomic E-state index is 0.140. The van der Waals surface area contributed by atoms with Crippen molar-refractivity contribution in [2.24, 2.45) is 17.6 Å². The van der Waals surface area contributed by atoms with Crippen LogP contribution in [0.5, 0.6) is 0 Å². The van der Waals surface area contributed by atoms with Gasteiger partial charge in [0.1, 0.15) is 5.82 Å². The summed E-state index contributed by atoms with van der Waals surface area (Å²) in [6.07, 6.45) is 3.63. The van der Waals surface area contributed by atoms with Gasteiger partial charge in [-0.3, -0.25) is 4.79 Å². The van der Waals surface area contributed by atoms with Crippen LogP contribution in [-0.2, 0) is 24.3 Å². The fraction of sp³-hybridized carbons (Fsp3) is 0.800. The first kappa shape index (κ1) is 15.9. The van der Waals surface area contributed by atoms with Crippen LogP contribution in [0, 0.1) is 11.8 Å². The molecule has 0 aliphatic carbocycles. The highest BCUT2D eigenvalue weighted by atomic mass is 16.2. The summed E-state index contributed by atoms with van der Waals surface area (Å²) >= 11 is 0. The van der Waals surface area contributed by atoms with E-state index in [0.717, 1.165) is 37.5 Å². The predicted octanol–water partition coefficient (Wildman–Crippen LogP) is 1.19. The topological polar surface area (TPSA) is 77.0 Å². The number of aryl methyl sites for hydroxylation is 1. The Morgan fingerprint density at radius 3 is 2.86 bits per heavy atom. The van der Waals surface area contributed by atoms with Gasteiger partial charge < -0.3 is 15.2 Å². The summed E-state index contributed by atoms with van der Waals surface area (Å²) < 4.78 is 2.14. The monoisotopic (exact) mass is 293 g/mol. The van der Waals surface area contributed by atoms with Gasteiger partial charge >= 0.3 is 0 Å². The zero-order valence-electron chi connectivity index (χ0n) is 13.4. The van der Waals surface area contributed by atoms with Crippen LogP contribution in [-0.4, -0.2) is 39.2 Å². The first-order valence-corrected chi connectivity index (χ1v) is 7.86. The molecule has 118 valence electrons. The Morgan fingerprint density at radius 2 is 2.19 bits per heavy atom. The zero-order chi connectivity index (χ0) is 15.4. The second-order valence-electron chi connectivity index (χ2n) is 6.47. The lowest BCUT2D eigenvalue weighted by atomic mass is 9.94. The summed E-state index contributed by atoms with van der Waals surface area (Å²) in [4.78, 5) is 14.1. The van der Waals surface area contributed by atoms with Crippen LogP contribution < -0.4 is 5.73 Å². The maximum Gasteiger partial charge on any atom is 0.223 e. The molecule has 1 amide bonds. The van der Waals surface area contributed by atoms with Crippen molar-refractivity contribution in [1.82, 2.24) is 19.7 Å². The molecule has 2 rings (SSSR count). The van der Waals surface area contributed by atoms with Gasteiger partial charge in [-0.25, -0.2) is 0 Å². The minimum Gasteiger partial charge on any atom is -0.338 e. The summed E-state index contributed by atoms with van der Waals surface area (Å²) in [6, 6.07) is 0. The van der Waals surface area contributed by atoms with Crippen LogP contribution in [0.25, 0.3) is 0 Å². The highest BCUT2D eigenvalue weighted by molar-refractivity contribution is 5.76. The lowest BCUT2D eigenvalue weighted by molar-refractivity contribution is -0.131. The summed E-state index contributed by atoms with van der Waals surface area (Å²) in [5, 5.41) is 8.38. The molecule has 0 fully saturated rings. The molecule has 0 saturated heterocycles. The SMILES string of the molecule is CC(C)C[C@H](CN)CC(=O)N(C)Cc1nnc2n1CCC2. The van der Waals surface area contributed by atoms with E-state index in [9.17, 15) is 4.79 Å². The standard InChI is InChI=1S/C15H27N5O/c1-11(2)7-12(9-16)8-15(21)19(3)10-14-18-17-13-5-4-6-20(13)14/h11-12H,4-10,16H2,1-3H3/t12-/m0/s1. The molecule has 0 bridgehead atoms. The van der Waals surface area contributed by atoms with E-state index in [2.05, 4.69) is 28.6 Å². The van der Waals surface area contributed by atoms with Crippen LogP contribution in [0.4, 0.5) is 0 Å². The number of fused-ring (bicyclic) bond motifs is 1. The molecule has 1 aromatic heterocycles. The molecule has 0 saturated carbocycles. The van der Waals surface area contributed by atoms with Crippen LogP contribution in [0.3, 0.4) is 0 Å². The van der Waals surface area contributed by atoms with Gasteiger partial charge in [-0.05, 0) is 31.2 Å². The lowest BCUT2D eigenvalue weighted by Gasteiger charge is -2.21. The summed E-state index contributed by atoms with van der Waals surface area (Å²) in [7, 11) is 1.84. The number of carbonyl (C=O) groups excluding carboxylic acids is 1. The molecule has 6 nitrogen and oxygen atoms in total. The normalized spacial score (nSPS) is 15.3. The van der Waals surface area contributed by atoms with Crippen molar-refractivity contribution >= 4 is 5.91 Å².